The second-order valence-electron chi connectivity index (χ2n) is 6.17. The molecule has 3 rings (SSSR count). The van der Waals surface area contributed by atoms with E-state index in [1.54, 1.807) is 7.11 Å². The van der Waals surface area contributed by atoms with E-state index in [9.17, 15) is 4.79 Å². The van der Waals surface area contributed by atoms with Crippen LogP contribution >= 0.6 is 0 Å². The maximum Gasteiger partial charge on any atom is 0.246 e. The number of aromatic amines is 1. The number of benzene rings is 1. The normalized spacial score (nSPS) is 17.6. The Morgan fingerprint density at radius 1 is 1.44 bits per heavy atom. The van der Waals surface area contributed by atoms with Crippen molar-refractivity contribution in [3.05, 3.63) is 24.0 Å². The number of hydrogen-bond donors (Lipinski definition) is 2. The van der Waals surface area contributed by atoms with Crippen molar-refractivity contribution in [3.63, 3.8) is 0 Å². The number of carbonyl (C=O) groups excluding carboxylic acids is 1. The fraction of sp³-hybridized carbons (Fsp3) is 0.556. The Morgan fingerprint density at radius 3 is 3.16 bits per heavy atom. The summed E-state index contributed by atoms with van der Waals surface area (Å²) in [6.07, 6.45) is 4.07. The second-order valence-corrected chi connectivity index (χ2v) is 6.17. The predicted molar refractivity (Wildman–Crippen MR) is 93.8 cm³/mol. The first-order valence-corrected chi connectivity index (χ1v) is 8.73. The number of imidazole rings is 1. The number of fused-ring (bicyclic) bond motifs is 1. The topological polar surface area (TPSA) is 85.5 Å². The molecule has 0 unspecified atom stereocenters. The summed E-state index contributed by atoms with van der Waals surface area (Å²) in [5.74, 6) is 1.50. The summed E-state index contributed by atoms with van der Waals surface area (Å²) in [6, 6.07) is 5.70. The molecule has 136 valence electrons. The molecule has 2 N–H and O–H groups in total. The lowest BCUT2D eigenvalue weighted by Gasteiger charge is -2.22. The Morgan fingerprint density at radius 2 is 2.36 bits per heavy atom. The quantitative estimate of drug-likeness (QED) is 0.761. The first kappa shape index (κ1) is 17.7. The number of carbonyl (C=O) groups is 1. The summed E-state index contributed by atoms with van der Waals surface area (Å²) in [4.78, 5) is 19.5. The Bertz CT molecular complexity index is 695. The van der Waals surface area contributed by atoms with Crippen LogP contribution in [0.4, 0.5) is 0 Å². The van der Waals surface area contributed by atoms with Crippen LogP contribution in [0.2, 0.25) is 0 Å². The van der Waals surface area contributed by atoms with E-state index in [0.29, 0.717) is 19.6 Å². The van der Waals surface area contributed by atoms with Gasteiger partial charge in [0.25, 0.3) is 0 Å². The zero-order valence-corrected chi connectivity index (χ0v) is 14.5. The molecule has 0 radical (unpaired) electrons. The second kappa shape index (κ2) is 8.82. The van der Waals surface area contributed by atoms with Crippen LogP contribution in [0.3, 0.4) is 0 Å². The Kier molecular flexibility index (Phi) is 6.25. The van der Waals surface area contributed by atoms with Gasteiger partial charge in [-0.25, -0.2) is 4.98 Å². The molecule has 2 heterocycles. The van der Waals surface area contributed by atoms with E-state index in [4.69, 9.17) is 14.2 Å². The van der Waals surface area contributed by atoms with Crippen LogP contribution in [0.15, 0.2) is 18.2 Å². The van der Waals surface area contributed by atoms with E-state index in [0.717, 1.165) is 42.1 Å². The molecule has 0 spiro atoms. The number of ether oxygens (including phenoxy) is 3. The third-order valence-corrected chi connectivity index (χ3v) is 4.23. The van der Waals surface area contributed by atoms with Gasteiger partial charge in [-0.3, -0.25) is 4.79 Å². The fourth-order valence-corrected chi connectivity index (χ4v) is 2.88. The number of nitrogens with zero attached hydrogens (tertiary/aromatic N) is 1. The van der Waals surface area contributed by atoms with Gasteiger partial charge in [-0.05, 0) is 31.4 Å². The third-order valence-electron chi connectivity index (χ3n) is 4.23. The van der Waals surface area contributed by atoms with E-state index in [1.165, 1.54) is 6.42 Å². The monoisotopic (exact) mass is 347 g/mol. The van der Waals surface area contributed by atoms with Crippen molar-refractivity contribution < 1.29 is 19.0 Å². The zero-order valence-electron chi connectivity index (χ0n) is 14.5. The van der Waals surface area contributed by atoms with Crippen LogP contribution in [0, 0.1) is 0 Å². The molecule has 1 aliphatic rings. The molecule has 7 heteroatoms. The Balaban J connectivity index is 1.36. The average Bonchev–Trinajstić information content (AvgIpc) is 3.04. The van der Waals surface area contributed by atoms with E-state index < -0.39 is 0 Å². The van der Waals surface area contributed by atoms with E-state index >= 15 is 0 Å². The van der Waals surface area contributed by atoms with E-state index in [1.807, 2.05) is 18.2 Å². The van der Waals surface area contributed by atoms with Crippen molar-refractivity contribution in [2.75, 3.05) is 33.5 Å². The van der Waals surface area contributed by atoms with Crippen molar-refractivity contribution in [3.8, 4) is 5.75 Å². The largest absolute Gasteiger partial charge is 0.497 e. The number of methoxy groups -OCH3 is 1. The summed E-state index contributed by atoms with van der Waals surface area (Å²) >= 11 is 0. The van der Waals surface area contributed by atoms with Crippen molar-refractivity contribution in [2.45, 2.75) is 31.8 Å². The van der Waals surface area contributed by atoms with Gasteiger partial charge in [-0.2, -0.15) is 0 Å². The molecular weight excluding hydrogens is 322 g/mol. The van der Waals surface area contributed by atoms with Gasteiger partial charge < -0.3 is 24.5 Å². The molecule has 1 saturated heterocycles. The van der Waals surface area contributed by atoms with Gasteiger partial charge in [0.1, 0.15) is 18.2 Å². The first-order chi connectivity index (χ1) is 12.2. The molecule has 1 amide bonds. The van der Waals surface area contributed by atoms with Crippen LogP contribution in [0.1, 0.15) is 25.1 Å². The van der Waals surface area contributed by atoms with E-state index in [-0.39, 0.29) is 18.6 Å². The number of H-pyrrole nitrogens is 1. The number of nitrogens with one attached hydrogen (secondary N) is 2. The van der Waals surface area contributed by atoms with Crippen molar-refractivity contribution in [1.29, 1.82) is 0 Å². The number of hydrogen-bond acceptors (Lipinski definition) is 5. The van der Waals surface area contributed by atoms with Crippen LogP contribution < -0.4 is 10.1 Å². The highest BCUT2D eigenvalue weighted by molar-refractivity contribution is 5.77. The molecule has 1 atom stereocenters. The van der Waals surface area contributed by atoms with Crippen LogP contribution in [0.25, 0.3) is 11.0 Å². The van der Waals surface area contributed by atoms with Gasteiger partial charge in [0, 0.05) is 25.6 Å². The van der Waals surface area contributed by atoms with Gasteiger partial charge in [0.05, 0.1) is 30.9 Å². The number of aromatic nitrogens is 2. The summed E-state index contributed by atoms with van der Waals surface area (Å²) in [6.45, 7) is 1.86. The molecule has 1 aromatic carbocycles. The summed E-state index contributed by atoms with van der Waals surface area (Å²) in [5.41, 5.74) is 1.81. The van der Waals surface area contributed by atoms with Gasteiger partial charge >= 0.3 is 0 Å². The molecular formula is C18H25N3O4. The Hall–Kier alpha value is -2.12. The van der Waals surface area contributed by atoms with Crippen molar-refractivity contribution in [2.24, 2.45) is 0 Å². The minimum Gasteiger partial charge on any atom is -0.497 e. The number of rotatable bonds is 8. The van der Waals surface area contributed by atoms with Crippen LogP contribution in [0.5, 0.6) is 5.75 Å². The van der Waals surface area contributed by atoms with Crippen LogP contribution in [-0.2, 0) is 20.7 Å². The van der Waals surface area contributed by atoms with Crippen LogP contribution in [-0.4, -0.2) is 55.5 Å². The van der Waals surface area contributed by atoms with Gasteiger partial charge in [-0.1, -0.05) is 0 Å². The average molecular weight is 347 g/mol. The molecule has 1 aliphatic heterocycles. The zero-order chi connectivity index (χ0) is 17.5. The molecule has 0 aliphatic carbocycles. The van der Waals surface area contributed by atoms with Gasteiger partial charge in [0.2, 0.25) is 5.91 Å². The standard InChI is InChI=1S/C18H25N3O4/c1-23-13-5-6-15-16(10-13)21-17(20-15)7-8-19-18(22)12-24-11-14-4-2-3-9-25-14/h5-6,10,14H,2-4,7-9,11-12H2,1H3,(H,19,22)(H,20,21)/t14-/m0/s1. The molecule has 1 fully saturated rings. The van der Waals surface area contributed by atoms with Gasteiger partial charge in [0.15, 0.2) is 0 Å². The maximum absolute atomic E-state index is 11.8. The minimum absolute atomic E-state index is 0.0667. The number of amides is 1. The molecule has 1 aromatic heterocycles. The fourth-order valence-electron chi connectivity index (χ4n) is 2.88. The lowest BCUT2D eigenvalue weighted by atomic mass is 10.1. The molecule has 7 nitrogen and oxygen atoms in total. The molecule has 2 aromatic rings. The van der Waals surface area contributed by atoms with Gasteiger partial charge in [-0.15, -0.1) is 0 Å². The Labute approximate surface area is 147 Å². The van der Waals surface area contributed by atoms with Crippen molar-refractivity contribution in [1.82, 2.24) is 15.3 Å². The highest BCUT2D eigenvalue weighted by Crippen LogP contribution is 2.18. The third kappa shape index (κ3) is 5.17. The lowest BCUT2D eigenvalue weighted by Crippen LogP contribution is -2.32. The molecule has 25 heavy (non-hydrogen) atoms. The smallest absolute Gasteiger partial charge is 0.246 e. The van der Waals surface area contributed by atoms with Crippen molar-refractivity contribution >= 4 is 16.9 Å². The maximum atomic E-state index is 11.8. The summed E-state index contributed by atoms with van der Waals surface area (Å²) < 4.78 is 16.2. The summed E-state index contributed by atoms with van der Waals surface area (Å²) in [5, 5.41) is 2.85. The lowest BCUT2D eigenvalue weighted by molar-refractivity contribution is -0.127. The highest BCUT2D eigenvalue weighted by Gasteiger charge is 2.14. The molecule has 0 bridgehead atoms. The first-order valence-electron chi connectivity index (χ1n) is 8.73. The predicted octanol–water partition coefficient (Wildman–Crippen LogP) is 1.82. The SMILES string of the molecule is COc1ccc2nc(CCNC(=O)COC[C@@H]3CCCCO3)[nH]c2c1. The highest BCUT2D eigenvalue weighted by atomic mass is 16.5. The molecule has 0 saturated carbocycles. The van der Waals surface area contributed by atoms with E-state index in [2.05, 4.69) is 15.3 Å². The minimum atomic E-state index is -0.117. The summed E-state index contributed by atoms with van der Waals surface area (Å²) in [7, 11) is 1.64.